The van der Waals surface area contributed by atoms with Crippen molar-refractivity contribution in [3.8, 4) is 0 Å². The van der Waals surface area contributed by atoms with Crippen molar-refractivity contribution in [3.63, 3.8) is 0 Å². The van der Waals surface area contributed by atoms with Crippen molar-refractivity contribution in [3.05, 3.63) is 47.0 Å². The average Bonchev–Trinajstić information content (AvgIpc) is 2.09. The molecule has 1 nitrogen and oxygen atoms in total. The Labute approximate surface area is 79.6 Å². The molecule has 1 heteroatoms. The minimum atomic E-state index is 0.627. The van der Waals surface area contributed by atoms with E-state index in [2.05, 4.69) is 18.4 Å². The zero-order valence-corrected chi connectivity index (χ0v) is 8.01. The van der Waals surface area contributed by atoms with E-state index in [0.29, 0.717) is 5.70 Å². The molecule has 0 spiro atoms. The summed E-state index contributed by atoms with van der Waals surface area (Å²) in [4.78, 5) is 0. The molecule has 0 radical (unpaired) electrons. The Morgan fingerprint density at radius 1 is 1.38 bits per heavy atom. The normalized spacial score (nSPS) is 18.8. The molecule has 0 aromatic heterocycles. The average molecular weight is 173 g/mol. The molecule has 0 bridgehead atoms. The SMILES string of the molecule is CCCC/C1=C/C=C=C(N)C=C=C1. The first-order valence-corrected chi connectivity index (χ1v) is 4.66. The molecule has 1 aliphatic rings. The Morgan fingerprint density at radius 2 is 2.23 bits per heavy atom. The van der Waals surface area contributed by atoms with Crippen LogP contribution >= 0.6 is 0 Å². The van der Waals surface area contributed by atoms with Crippen LogP contribution in [0.3, 0.4) is 0 Å². The zero-order chi connectivity index (χ0) is 9.52. The summed E-state index contributed by atoms with van der Waals surface area (Å²) in [5.74, 6) is 0. The maximum atomic E-state index is 5.56. The fraction of sp³-hybridized carbons (Fsp3) is 0.333. The highest BCUT2D eigenvalue weighted by atomic mass is 14.5. The highest BCUT2D eigenvalue weighted by molar-refractivity contribution is 5.29. The van der Waals surface area contributed by atoms with E-state index in [9.17, 15) is 0 Å². The molecule has 1 rings (SSSR count). The highest BCUT2D eigenvalue weighted by Crippen LogP contribution is 2.09. The minimum absolute atomic E-state index is 0.627. The lowest BCUT2D eigenvalue weighted by Gasteiger charge is -1.97. The van der Waals surface area contributed by atoms with Crippen molar-refractivity contribution in [2.75, 3.05) is 0 Å². The van der Waals surface area contributed by atoms with Crippen LogP contribution in [-0.2, 0) is 0 Å². The van der Waals surface area contributed by atoms with Crippen LogP contribution in [0.15, 0.2) is 47.0 Å². The topological polar surface area (TPSA) is 26.0 Å². The predicted molar refractivity (Wildman–Crippen MR) is 56.0 cm³/mol. The van der Waals surface area contributed by atoms with Gasteiger partial charge in [0.15, 0.2) is 0 Å². The molecule has 0 aromatic carbocycles. The molecule has 0 aromatic rings. The second-order valence-electron chi connectivity index (χ2n) is 3.07. The highest BCUT2D eigenvalue weighted by Gasteiger charge is 1.91. The summed E-state index contributed by atoms with van der Waals surface area (Å²) in [5, 5.41) is 0. The van der Waals surface area contributed by atoms with Crippen LogP contribution in [0.25, 0.3) is 0 Å². The number of hydrogen-bond donors (Lipinski definition) is 1. The van der Waals surface area contributed by atoms with Gasteiger partial charge in [-0.15, -0.1) is 5.73 Å². The molecule has 2 N–H and O–H groups in total. The molecule has 0 heterocycles. The van der Waals surface area contributed by atoms with Gasteiger partial charge >= 0.3 is 0 Å². The zero-order valence-electron chi connectivity index (χ0n) is 8.01. The monoisotopic (exact) mass is 173 g/mol. The molecule has 1 aliphatic carbocycles. The van der Waals surface area contributed by atoms with Crippen molar-refractivity contribution in [2.45, 2.75) is 26.2 Å². The van der Waals surface area contributed by atoms with Gasteiger partial charge in [-0.1, -0.05) is 25.2 Å². The van der Waals surface area contributed by atoms with E-state index in [-0.39, 0.29) is 0 Å². The Morgan fingerprint density at radius 3 is 3.00 bits per heavy atom. The molecular weight excluding hydrogens is 158 g/mol. The fourth-order valence-corrected chi connectivity index (χ4v) is 1.11. The third kappa shape index (κ3) is 3.66. The number of nitrogens with two attached hydrogens (primary N) is 1. The van der Waals surface area contributed by atoms with Gasteiger partial charge in [0.25, 0.3) is 0 Å². The lowest BCUT2D eigenvalue weighted by molar-refractivity contribution is 0.798. The summed E-state index contributed by atoms with van der Waals surface area (Å²) in [6, 6.07) is 0. The lowest BCUT2D eigenvalue weighted by Crippen LogP contribution is -1.89. The van der Waals surface area contributed by atoms with Crippen molar-refractivity contribution in [1.29, 1.82) is 0 Å². The van der Waals surface area contributed by atoms with Gasteiger partial charge in [-0.25, -0.2) is 0 Å². The van der Waals surface area contributed by atoms with E-state index in [4.69, 9.17) is 5.73 Å². The molecule has 0 aliphatic heterocycles. The molecule has 0 saturated heterocycles. The first kappa shape index (κ1) is 9.67. The summed E-state index contributed by atoms with van der Waals surface area (Å²) in [6.45, 7) is 2.19. The Bertz CT molecular complexity index is 319. The standard InChI is InChI=1S/C12H15N/c1-2-3-6-11-7-4-9-12(13)10-5-8-11/h4,7-8,10H,2-3,6,13H2,1H3/b11-7-. The van der Waals surface area contributed by atoms with Crippen LogP contribution in [0, 0.1) is 0 Å². The maximum Gasteiger partial charge on any atom is 0.0825 e. The molecule has 68 valence electrons. The number of allylic oxidation sites excluding steroid dienone is 3. The van der Waals surface area contributed by atoms with E-state index in [1.165, 1.54) is 18.4 Å². The third-order valence-corrected chi connectivity index (χ3v) is 1.87. The van der Waals surface area contributed by atoms with E-state index in [1.54, 1.807) is 6.08 Å². The largest absolute Gasteiger partial charge is 0.392 e. The molecule has 0 fully saturated rings. The van der Waals surface area contributed by atoms with E-state index in [0.717, 1.165) is 6.42 Å². The van der Waals surface area contributed by atoms with Gasteiger partial charge < -0.3 is 5.73 Å². The molecule has 13 heavy (non-hydrogen) atoms. The van der Waals surface area contributed by atoms with Gasteiger partial charge in [-0.2, -0.15) is 0 Å². The van der Waals surface area contributed by atoms with E-state index < -0.39 is 0 Å². The molecule has 0 saturated carbocycles. The Kier molecular flexibility index (Phi) is 3.92. The van der Waals surface area contributed by atoms with Crippen LogP contribution in [0.4, 0.5) is 0 Å². The summed E-state index contributed by atoms with van der Waals surface area (Å²) < 4.78 is 0. The van der Waals surface area contributed by atoms with Crippen LogP contribution in [0.1, 0.15) is 26.2 Å². The van der Waals surface area contributed by atoms with Crippen molar-refractivity contribution in [2.24, 2.45) is 5.73 Å². The minimum Gasteiger partial charge on any atom is -0.392 e. The first-order chi connectivity index (χ1) is 6.33. The summed E-state index contributed by atoms with van der Waals surface area (Å²) >= 11 is 0. The number of hydrogen-bond acceptors (Lipinski definition) is 1. The van der Waals surface area contributed by atoms with Gasteiger partial charge in [0.2, 0.25) is 0 Å². The number of unbranched alkanes of at least 4 members (excludes halogenated alkanes) is 1. The van der Waals surface area contributed by atoms with Crippen molar-refractivity contribution in [1.82, 2.24) is 0 Å². The van der Waals surface area contributed by atoms with E-state index >= 15 is 0 Å². The molecule has 0 unspecified atom stereocenters. The summed E-state index contributed by atoms with van der Waals surface area (Å²) in [6.07, 6.45) is 11.2. The Balaban J connectivity index is 2.74. The van der Waals surface area contributed by atoms with Gasteiger partial charge in [0.1, 0.15) is 0 Å². The molecule has 0 atom stereocenters. The van der Waals surface area contributed by atoms with Crippen LogP contribution in [0.2, 0.25) is 0 Å². The second kappa shape index (κ2) is 5.27. The first-order valence-electron chi connectivity index (χ1n) is 4.66. The smallest absolute Gasteiger partial charge is 0.0825 e. The summed E-state index contributed by atoms with van der Waals surface area (Å²) in [5.41, 5.74) is 13.5. The fourth-order valence-electron chi connectivity index (χ4n) is 1.11. The van der Waals surface area contributed by atoms with Gasteiger partial charge in [0, 0.05) is 6.08 Å². The van der Waals surface area contributed by atoms with Gasteiger partial charge in [-0.05, 0) is 30.6 Å². The maximum absolute atomic E-state index is 5.56. The van der Waals surface area contributed by atoms with Gasteiger partial charge in [0.05, 0.1) is 5.70 Å². The van der Waals surface area contributed by atoms with Gasteiger partial charge in [-0.3, -0.25) is 0 Å². The summed E-state index contributed by atoms with van der Waals surface area (Å²) in [7, 11) is 0. The lowest BCUT2D eigenvalue weighted by atomic mass is 10.1. The van der Waals surface area contributed by atoms with E-state index in [1.807, 2.05) is 18.2 Å². The van der Waals surface area contributed by atoms with Crippen LogP contribution in [-0.4, -0.2) is 0 Å². The quantitative estimate of drug-likeness (QED) is 0.652. The van der Waals surface area contributed by atoms with Crippen LogP contribution in [0.5, 0.6) is 0 Å². The molecule has 0 amide bonds. The van der Waals surface area contributed by atoms with Crippen LogP contribution < -0.4 is 5.73 Å². The third-order valence-electron chi connectivity index (χ3n) is 1.87. The van der Waals surface area contributed by atoms with Crippen molar-refractivity contribution < 1.29 is 0 Å². The predicted octanol–water partition coefficient (Wildman–Crippen LogP) is 2.83. The van der Waals surface area contributed by atoms with Crippen molar-refractivity contribution >= 4 is 0 Å². The molecular formula is C12H15N. The second-order valence-corrected chi connectivity index (χ2v) is 3.07. The number of rotatable bonds is 3. The Hall–Kier alpha value is -1.42.